The summed E-state index contributed by atoms with van der Waals surface area (Å²) in [5.41, 5.74) is 2.14. The molecule has 1 aliphatic rings. The van der Waals surface area contributed by atoms with E-state index in [0.29, 0.717) is 0 Å². The molecule has 0 bridgehead atoms. The summed E-state index contributed by atoms with van der Waals surface area (Å²) < 4.78 is 5.85. The lowest BCUT2D eigenvalue weighted by atomic mass is 9.93. The van der Waals surface area contributed by atoms with Crippen LogP contribution in [0.15, 0.2) is 18.2 Å². The number of ether oxygens (including phenoxy) is 1. The van der Waals surface area contributed by atoms with E-state index in [-0.39, 0.29) is 5.60 Å². The lowest BCUT2D eigenvalue weighted by molar-refractivity contribution is 0.0847. The molecule has 0 fully saturated rings. The van der Waals surface area contributed by atoms with Gasteiger partial charge >= 0.3 is 0 Å². The van der Waals surface area contributed by atoms with Crippen molar-refractivity contribution in [1.82, 2.24) is 0 Å². The third-order valence-corrected chi connectivity index (χ3v) is 2.61. The topological polar surface area (TPSA) is 9.23 Å². The van der Waals surface area contributed by atoms with Crippen molar-refractivity contribution in [3.05, 3.63) is 29.3 Å². The van der Waals surface area contributed by atoms with E-state index < -0.39 is 0 Å². The molecule has 0 aromatic heterocycles. The molecular weight excluding hydrogens is 172 g/mol. The lowest BCUT2D eigenvalue weighted by Crippen LogP contribution is -2.32. The predicted octanol–water partition coefficient (Wildman–Crippen LogP) is 2.77. The van der Waals surface area contributed by atoms with Crippen LogP contribution < -0.4 is 4.74 Å². The average molecular weight is 186 g/mol. The molecule has 1 heterocycles. The second-order valence-electron chi connectivity index (χ2n) is 4.33. The van der Waals surface area contributed by atoms with Gasteiger partial charge in [-0.2, -0.15) is 0 Å². The summed E-state index contributed by atoms with van der Waals surface area (Å²) in [5.74, 6) is 3.63. The van der Waals surface area contributed by atoms with E-state index in [0.717, 1.165) is 24.2 Å². The van der Waals surface area contributed by atoms with Crippen LogP contribution >= 0.6 is 0 Å². The van der Waals surface area contributed by atoms with Gasteiger partial charge < -0.3 is 4.74 Å². The van der Waals surface area contributed by atoms with Crippen LogP contribution in [-0.2, 0) is 6.42 Å². The van der Waals surface area contributed by atoms with Crippen LogP contribution in [0.4, 0.5) is 0 Å². The highest BCUT2D eigenvalue weighted by Gasteiger charge is 2.26. The summed E-state index contributed by atoms with van der Waals surface area (Å²) in [5, 5.41) is 0. The van der Waals surface area contributed by atoms with E-state index >= 15 is 0 Å². The standard InChI is InChI=1S/C13H14O/c1-4-10-5-6-12-11(9-10)7-8-13(2,3)14-12/h1,5-6,9H,7-8H2,2-3H3. The van der Waals surface area contributed by atoms with Crippen LogP contribution in [0, 0.1) is 12.3 Å². The number of aryl methyl sites for hydroxylation is 1. The highest BCUT2D eigenvalue weighted by molar-refractivity contribution is 5.44. The Bertz CT molecular complexity index is 396. The van der Waals surface area contributed by atoms with Crippen molar-refractivity contribution >= 4 is 0 Å². The zero-order chi connectivity index (χ0) is 10.2. The maximum Gasteiger partial charge on any atom is 0.123 e. The largest absolute Gasteiger partial charge is 0.488 e. The Kier molecular flexibility index (Phi) is 2.00. The van der Waals surface area contributed by atoms with Crippen LogP contribution in [0.2, 0.25) is 0 Å². The second kappa shape index (κ2) is 3.06. The molecule has 0 unspecified atom stereocenters. The molecule has 0 spiro atoms. The molecule has 0 saturated heterocycles. The molecule has 0 amide bonds. The van der Waals surface area contributed by atoms with Crippen LogP contribution in [-0.4, -0.2) is 5.60 Å². The minimum atomic E-state index is -0.0370. The fraction of sp³-hybridized carbons (Fsp3) is 0.385. The van der Waals surface area contributed by atoms with Crippen LogP contribution in [0.1, 0.15) is 31.4 Å². The Morgan fingerprint density at radius 2 is 2.21 bits per heavy atom. The normalized spacial score (nSPS) is 17.8. The molecule has 14 heavy (non-hydrogen) atoms. The van der Waals surface area contributed by atoms with Gasteiger partial charge in [-0.25, -0.2) is 0 Å². The summed E-state index contributed by atoms with van der Waals surface area (Å²) >= 11 is 0. The van der Waals surface area contributed by atoms with E-state index in [1.807, 2.05) is 18.2 Å². The quantitative estimate of drug-likeness (QED) is 0.566. The number of terminal acetylenes is 1. The van der Waals surface area contributed by atoms with E-state index in [1.54, 1.807) is 0 Å². The van der Waals surface area contributed by atoms with Gasteiger partial charge in [-0.15, -0.1) is 6.42 Å². The van der Waals surface area contributed by atoms with Crippen LogP contribution in [0.5, 0.6) is 5.75 Å². The van der Waals surface area contributed by atoms with E-state index in [1.165, 1.54) is 5.56 Å². The van der Waals surface area contributed by atoms with Crippen molar-refractivity contribution in [2.75, 3.05) is 0 Å². The molecule has 72 valence electrons. The molecule has 0 radical (unpaired) electrons. The zero-order valence-electron chi connectivity index (χ0n) is 8.63. The van der Waals surface area contributed by atoms with Gasteiger partial charge in [0.15, 0.2) is 0 Å². The summed E-state index contributed by atoms with van der Waals surface area (Å²) in [6.45, 7) is 4.23. The van der Waals surface area contributed by atoms with E-state index in [2.05, 4.69) is 19.8 Å². The molecule has 1 heteroatoms. The first-order chi connectivity index (χ1) is 6.61. The Morgan fingerprint density at radius 3 is 2.93 bits per heavy atom. The Balaban J connectivity index is 2.38. The van der Waals surface area contributed by atoms with Gasteiger partial charge in [-0.3, -0.25) is 0 Å². The average Bonchev–Trinajstić information content (AvgIpc) is 2.16. The predicted molar refractivity (Wildman–Crippen MR) is 57.4 cm³/mol. The molecule has 0 saturated carbocycles. The molecule has 1 aromatic rings. The highest BCUT2D eigenvalue weighted by atomic mass is 16.5. The Labute approximate surface area is 85.1 Å². The van der Waals surface area contributed by atoms with Gasteiger partial charge in [-0.05, 0) is 50.5 Å². The molecule has 1 aliphatic heterocycles. The first-order valence-electron chi connectivity index (χ1n) is 4.89. The third-order valence-electron chi connectivity index (χ3n) is 2.61. The third kappa shape index (κ3) is 1.61. The summed E-state index contributed by atoms with van der Waals surface area (Å²) in [6, 6.07) is 5.95. The summed E-state index contributed by atoms with van der Waals surface area (Å²) in [4.78, 5) is 0. The minimum absolute atomic E-state index is 0.0370. The maximum atomic E-state index is 5.85. The van der Waals surface area contributed by atoms with Crippen LogP contribution in [0.3, 0.4) is 0 Å². The molecule has 2 rings (SSSR count). The first-order valence-corrected chi connectivity index (χ1v) is 4.89. The van der Waals surface area contributed by atoms with E-state index in [9.17, 15) is 0 Å². The van der Waals surface area contributed by atoms with Crippen molar-refractivity contribution < 1.29 is 4.74 Å². The van der Waals surface area contributed by atoms with Crippen molar-refractivity contribution in [1.29, 1.82) is 0 Å². The number of hydrogen-bond donors (Lipinski definition) is 0. The Hall–Kier alpha value is -1.42. The number of fused-ring (bicyclic) bond motifs is 1. The summed E-state index contributed by atoms with van der Waals surface area (Å²) in [6.07, 6.45) is 7.45. The fourth-order valence-electron chi connectivity index (χ4n) is 1.75. The van der Waals surface area contributed by atoms with Crippen molar-refractivity contribution in [2.45, 2.75) is 32.3 Å². The number of benzene rings is 1. The second-order valence-corrected chi connectivity index (χ2v) is 4.33. The van der Waals surface area contributed by atoms with Gasteiger partial charge in [0, 0.05) is 5.56 Å². The molecule has 1 aromatic carbocycles. The van der Waals surface area contributed by atoms with Gasteiger partial charge in [-0.1, -0.05) is 5.92 Å². The van der Waals surface area contributed by atoms with Gasteiger partial charge in [0.25, 0.3) is 0 Å². The highest BCUT2D eigenvalue weighted by Crippen LogP contribution is 2.33. The Morgan fingerprint density at radius 1 is 1.43 bits per heavy atom. The van der Waals surface area contributed by atoms with Crippen molar-refractivity contribution in [2.24, 2.45) is 0 Å². The molecule has 0 N–H and O–H groups in total. The van der Waals surface area contributed by atoms with Crippen molar-refractivity contribution in [3.63, 3.8) is 0 Å². The smallest absolute Gasteiger partial charge is 0.123 e. The monoisotopic (exact) mass is 186 g/mol. The molecule has 0 aliphatic carbocycles. The maximum absolute atomic E-state index is 5.85. The van der Waals surface area contributed by atoms with Crippen LogP contribution in [0.25, 0.3) is 0 Å². The zero-order valence-corrected chi connectivity index (χ0v) is 8.63. The first kappa shape index (κ1) is 9.15. The van der Waals surface area contributed by atoms with Gasteiger partial charge in [0.1, 0.15) is 11.4 Å². The SMILES string of the molecule is C#Cc1ccc2c(c1)CCC(C)(C)O2. The molecular formula is C13H14O. The fourth-order valence-corrected chi connectivity index (χ4v) is 1.75. The lowest BCUT2D eigenvalue weighted by Gasteiger charge is -2.32. The number of rotatable bonds is 0. The number of hydrogen-bond acceptors (Lipinski definition) is 1. The minimum Gasteiger partial charge on any atom is -0.488 e. The molecule has 1 nitrogen and oxygen atoms in total. The van der Waals surface area contributed by atoms with Gasteiger partial charge in [0.05, 0.1) is 0 Å². The summed E-state index contributed by atoms with van der Waals surface area (Å²) in [7, 11) is 0. The van der Waals surface area contributed by atoms with Crippen molar-refractivity contribution in [3.8, 4) is 18.1 Å². The van der Waals surface area contributed by atoms with E-state index in [4.69, 9.17) is 11.2 Å². The van der Waals surface area contributed by atoms with Gasteiger partial charge in [0.2, 0.25) is 0 Å². The molecule has 0 atom stereocenters.